The first-order valence-corrected chi connectivity index (χ1v) is 10.9. The molecule has 0 saturated carbocycles. The summed E-state index contributed by atoms with van der Waals surface area (Å²) in [5.41, 5.74) is 8.16. The molecule has 0 aliphatic rings. The number of benzene rings is 2. The zero-order chi connectivity index (χ0) is 21.7. The van der Waals surface area contributed by atoms with E-state index in [0.717, 1.165) is 50.7 Å². The van der Waals surface area contributed by atoms with Gasteiger partial charge >= 0.3 is 0 Å². The number of anilines is 2. The van der Waals surface area contributed by atoms with Crippen LogP contribution in [0.3, 0.4) is 0 Å². The van der Waals surface area contributed by atoms with Crippen LogP contribution < -0.4 is 15.5 Å². The van der Waals surface area contributed by atoms with Crippen LogP contribution in [0.2, 0.25) is 0 Å². The van der Waals surface area contributed by atoms with Gasteiger partial charge in [-0.3, -0.25) is 10.2 Å². The molecule has 0 aliphatic heterocycles. The van der Waals surface area contributed by atoms with E-state index < -0.39 is 0 Å². The average molecular weight is 425 g/mol. The average Bonchev–Trinajstić information content (AvgIpc) is 3.13. The summed E-state index contributed by atoms with van der Waals surface area (Å²) in [4.78, 5) is 17.5. The second kappa shape index (κ2) is 9.71. The molecule has 0 fully saturated rings. The van der Waals surface area contributed by atoms with Crippen molar-refractivity contribution in [3.63, 3.8) is 0 Å². The number of carbonyl (C=O) groups excluding carboxylic acids is 1. The fraction of sp³-hybridized carbons (Fsp3) is 0.348. The second-order valence-electron chi connectivity index (χ2n) is 7.42. The smallest absolute Gasteiger partial charge is 0.255 e. The zero-order valence-electron chi connectivity index (χ0n) is 18.1. The zero-order valence-corrected chi connectivity index (χ0v) is 18.9. The molecule has 6 nitrogen and oxygen atoms in total. The van der Waals surface area contributed by atoms with E-state index in [-0.39, 0.29) is 5.91 Å². The molecule has 2 N–H and O–H groups in total. The van der Waals surface area contributed by atoms with Crippen LogP contribution in [0.15, 0.2) is 35.4 Å². The maximum absolute atomic E-state index is 12.9. The van der Waals surface area contributed by atoms with Gasteiger partial charge in [-0.25, -0.2) is 4.98 Å². The lowest BCUT2D eigenvalue weighted by molar-refractivity contribution is 0.102. The van der Waals surface area contributed by atoms with Crippen LogP contribution >= 0.6 is 11.3 Å². The fourth-order valence-electron chi connectivity index (χ4n) is 3.03. The van der Waals surface area contributed by atoms with Crippen LogP contribution in [0.5, 0.6) is 5.75 Å². The van der Waals surface area contributed by atoms with E-state index in [2.05, 4.69) is 27.8 Å². The van der Waals surface area contributed by atoms with Crippen molar-refractivity contribution in [2.24, 2.45) is 5.10 Å². The molecular weight excluding hydrogens is 396 g/mol. The van der Waals surface area contributed by atoms with Gasteiger partial charge in [0, 0.05) is 17.0 Å². The Morgan fingerprint density at radius 1 is 1.23 bits per heavy atom. The lowest BCUT2D eigenvalue weighted by atomic mass is 10.1. The van der Waals surface area contributed by atoms with E-state index in [1.807, 2.05) is 45.9 Å². The molecule has 158 valence electrons. The SMILES string of the molecule is CCCCOc1cccc(C(=O)Nc2c(C)cc3nc(NN=C(C)C)sc3c2C)c1. The van der Waals surface area contributed by atoms with Crippen LogP contribution in [-0.4, -0.2) is 23.2 Å². The van der Waals surface area contributed by atoms with Gasteiger partial charge in [0.2, 0.25) is 5.13 Å². The van der Waals surface area contributed by atoms with Gasteiger partial charge in [-0.05, 0) is 69.5 Å². The molecule has 1 heterocycles. The summed E-state index contributed by atoms with van der Waals surface area (Å²) in [6.07, 6.45) is 2.06. The van der Waals surface area contributed by atoms with Gasteiger partial charge in [-0.15, -0.1) is 0 Å². The highest BCUT2D eigenvalue weighted by Gasteiger charge is 2.16. The predicted octanol–water partition coefficient (Wildman–Crippen LogP) is 6.15. The molecule has 0 saturated heterocycles. The van der Waals surface area contributed by atoms with Gasteiger partial charge < -0.3 is 10.1 Å². The van der Waals surface area contributed by atoms with Crippen molar-refractivity contribution in [3.8, 4) is 5.75 Å². The monoisotopic (exact) mass is 424 g/mol. The molecule has 0 unspecified atom stereocenters. The van der Waals surface area contributed by atoms with Crippen LogP contribution in [0, 0.1) is 13.8 Å². The summed E-state index contributed by atoms with van der Waals surface area (Å²) >= 11 is 1.52. The van der Waals surface area contributed by atoms with Crippen molar-refractivity contribution in [2.45, 2.75) is 47.5 Å². The van der Waals surface area contributed by atoms with Crippen molar-refractivity contribution >= 4 is 44.0 Å². The van der Waals surface area contributed by atoms with Gasteiger partial charge in [-0.1, -0.05) is 30.7 Å². The van der Waals surface area contributed by atoms with Crippen LogP contribution in [0.1, 0.15) is 55.1 Å². The largest absolute Gasteiger partial charge is 0.494 e. The Balaban J connectivity index is 1.83. The highest BCUT2D eigenvalue weighted by Crippen LogP contribution is 2.35. The summed E-state index contributed by atoms with van der Waals surface area (Å²) in [5.74, 6) is 0.556. The molecule has 7 heteroatoms. The number of thiazole rings is 1. The molecule has 0 spiro atoms. The molecule has 2 aromatic carbocycles. The Morgan fingerprint density at radius 3 is 2.77 bits per heavy atom. The van der Waals surface area contributed by atoms with Crippen molar-refractivity contribution in [1.29, 1.82) is 0 Å². The third kappa shape index (κ3) is 5.16. The maximum Gasteiger partial charge on any atom is 0.255 e. The number of ether oxygens (including phenoxy) is 1. The van der Waals surface area contributed by atoms with E-state index in [0.29, 0.717) is 17.9 Å². The topological polar surface area (TPSA) is 75.6 Å². The number of aromatic nitrogens is 1. The minimum atomic E-state index is -0.157. The van der Waals surface area contributed by atoms with Crippen molar-refractivity contribution < 1.29 is 9.53 Å². The standard InChI is InChI=1S/C23H28N4O2S/c1-6-7-11-29-18-10-8-9-17(13-18)22(28)25-20-15(4)12-19-21(16(20)5)30-23(24-19)27-26-14(2)3/h8-10,12-13H,6-7,11H2,1-5H3,(H,24,27)(H,25,28). The number of hydrogen-bond donors (Lipinski definition) is 2. The van der Waals surface area contributed by atoms with Gasteiger partial charge in [0.1, 0.15) is 5.75 Å². The second-order valence-corrected chi connectivity index (χ2v) is 8.41. The number of nitrogens with one attached hydrogen (secondary N) is 2. The number of nitrogens with zero attached hydrogens (tertiary/aromatic N) is 2. The minimum Gasteiger partial charge on any atom is -0.494 e. The normalized spacial score (nSPS) is 10.7. The Bertz CT molecular complexity index is 1080. The molecule has 1 aromatic heterocycles. The summed E-state index contributed by atoms with van der Waals surface area (Å²) in [6, 6.07) is 9.29. The fourth-order valence-corrected chi connectivity index (χ4v) is 3.92. The first-order valence-electron chi connectivity index (χ1n) is 10.1. The first kappa shape index (κ1) is 21.8. The number of fused-ring (bicyclic) bond motifs is 1. The maximum atomic E-state index is 12.9. The molecule has 3 aromatic rings. The number of hydrogen-bond acceptors (Lipinski definition) is 6. The Morgan fingerprint density at radius 2 is 2.03 bits per heavy atom. The van der Waals surface area contributed by atoms with Crippen molar-refractivity contribution in [3.05, 3.63) is 47.0 Å². The molecule has 3 rings (SSSR count). The molecule has 30 heavy (non-hydrogen) atoms. The van der Waals surface area contributed by atoms with Crippen LogP contribution in [0.4, 0.5) is 10.8 Å². The van der Waals surface area contributed by atoms with Crippen LogP contribution in [0.25, 0.3) is 10.2 Å². The van der Waals surface area contributed by atoms with Crippen molar-refractivity contribution in [1.82, 2.24) is 4.98 Å². The van der Waals surface area contributed by atoms with Gasteiger partial charge in [0.15, 0.2) is 0 Å². The molecule has 0 aliphatic carbocycles. The number of aryl methyl sites for hydroxylation is 2. The highest BCUT2D eigenvalue weighted by molar-refractivity contribution is 7.22. The number of amides is 1. The quantitative estimate of drug-likeness (QED) is 0.258. The lowest BCUT2D eigenvalue weighted by Gasteiger charge is -2.13. The molecular formula is C23H28N4O2S. The molecule has 1 amide bonds. The third-order valence-corrected chi connectivity index (χ3v) is 5.69. The van der Waals surface area contributed by atoms with E-state index in [4.69, 9.17) is 4.74 Å². The summed E-state index contributed by atoms with van der Waals surface area (Å²) in [6.45, 7) is 10.6. The Hall–Kier alpha value is -2.93. The van der Waals surface area contributed by atoms with Crippen molar-refractivity contribution in [2.75, 3.05) is 17.3 Å². The summed E-state index contributed by atoms with van der Waals surface area (Å²) < 4.78 is 6.76. The van der Waals surface area contributed by atoms with E-state index in [1.165, 1.54) is 11.3 Å². The third-order valence-electron chi connectivity index (χ3n) is 4.59. The first-order chi connectivity index (χ1) is 14.4. The predicted molar refractivity (Wildman–Crippen MR) is 126 cm³/mol. The highest BCUT2D eigenvalue weighted by atomic mass is 32.1. The molecule has 0 bridgehead atoms. The van der Waals surface area contributed by atoms with E-state index >= 15 is 0 Å². The minimum absolute atomic E-state index is 0.157. The van der Waals surface area contributed by atoms with E-state index in [9.17, 15) is 4.79 Å². The summed E-state index contributed by atoms with van der Waals surface area (Å²) in [5, 5.41) is 8.03. The van der Waals surface area contributed by atoms with Gasteiger partial charge in [0.05, 0.1) is 16.8 Å². The number of rotatable bonds is 8. The number of carbonyl (C=O) groups is 1. The Kier molecular flexibility index (Phi) is 7.05. The molecule has 0 atom stereocenters. The lowest BCUT2D eigenvalue weighted by Crippen LogP contribution is -2.14. The van der Waals surface area contributed by atoms with Crippen LogP contribution in [-0.2, 0) is 0 Å². The van der Waals surface area contributed by atoms with E-state index in [1.54, 1.807) is 12.1 Å². The van der Waals surface area contributed by atoms with Gasteiger partial charge in [-0.2, -0.15) is 5.10 Å². The number of unbranched alkanes of at least 4 members (excludes halogenated alkanes) is 1. The number of hydrazone groups is 1. The summed E-state index contributed by atoms with van der Waals surface area (Å²) in [7, 11) is 0. The Labute approximate surface area is 181 Å². The molecule has 0 radical (unpaired) electrons. The van der Waals surface area contributed by atoms with Gasteiger partial charge in [0.25, 0.3) is 5.91 Å².